The Kier molecular flexibility index (Phi) is 4.84. The zero-order valence-corrected chi connectivity index (χ0v) is 14.4. The van der Waals surface area contributed by atoms with Crippen molar-refractivity contribution in [3.8, 4) is 22.6 Å². The van der Waals surface area contributed by atoms with Gasteiger partial charge < -0.3 is 5.32 Å². The van der Waals surface area contributed by atoms with Gasteiger partial charge in [0.1, 0.15) is 5.69 Å². The number of pyridine rings is 1. The van der Waals surface area contributed by atoms with Crippen LogP contribution in [0.5, 0.6) is 0 Å². The summed E-state index contributed by atoms with van der Waals surface area (Å²) < 4.78 is 13.8. The summed E-state index contributed by atoms with van der Waals surface area (Å²) in [6.07, 6.45) is 2.95. The number of amides is 1. The summed E-state index contributed by atoms with van der Waals surface area (Å²) in [6, 6.07) is 7.02. The molecule has 1 N–H and O–H groups in total. The molecule has 27 heavy (non-hydrogen) atoms. The molecule has 0 spiro atoms. The largest absolute Gasteiger partial charge is 0.354 e. The molecule has 0 aliphatic rings. The lowest BCUT2D eigenvalue weighted by Crippen LogP contribution is -2.19. The molecule has 0 atom stereocenters. The van der Waals surface area contributed by atoms with E-state index in [2.05, 4.69) is 20.3 Å². The van der Waals surface area contributed by atoms with Gasteiger partial charge in [-0.05, 0) is 36.8 Å². The monoisotopic (exact) mass is 367 g/mol. The molecule has 0 unspecified atom stereocenters. The fourth-order valence-electron chi connectivity index (χ4n) is 2.55. The van der Waals surface area contributed by atoms with Crippen LogP contribution >= 0.6 is 0 Å². The van der Waals surface area contributed by atoms with Crippen molar-refractivity contribution in [1.82, 2.24) is 20.3 Å². The number of aromatic nitrogens is 3. The minimum atomic E-state index is -0.903. The van der Waals surface area contributed by atoms with Gasteiger partial charge in [-0.2, -0.15) is 4.39 Å². The van der Waals surface area contributed by atoms with E-state index >= 15 is 0 Å². The molecule has 2 heterocycles. The molecule has 3 aromatic rings. The molecule has 0 saturated carbocycles. The van der Waals surface area contributed by atoms with Gasteiger partial charge in [0.25, 0.3) is 5.91 Å². The normalized spacial score (nSPS) is 10.5. The smallest absolute Gasteiger partial charge is 0.305 e. The van der Waals surface area contributed by atoms with E-state index in [1.165, 1.54) is 25.5 Å². The minimum absolute atomic E-state index is 0.206. The Morgan fingerprint density at radius 2 is 1.93 bits per heavy atom. The van der Waals surface area contributed by atoms with Gasteiger partial charge in [0.2, 0.25) is 5.82 Å². The molecule has 0 radical (unpaired) electrons. The van der Waals surface area contributed by atoms with E-state index in [0.717, 1.165) is 12.1 Å². The number of halogens is 1. The van der Waals surface area contributed by atoms with E-state index in [0.29, 0.717) is 28.2 Å². The third-order valence-corrected chi connectivity index (χ3v) is 3.90. The number of rotatable bonds is 4. The quantitative estimate of drug-likeness (QED) is 0.561. The van der Waals surface area contributed by atoms with Gasteiger partial charge in [0, 0.05) is 36.6 Å². The second-order valence-electron chi connectivity index (χ2n) is 5.65. The maximum absolute atomic E-state index is 13.8. The third-order valence-electron chi connectivity index (χ3n) is 3.90. The van der Waals surface area contributed by atoms with Gasteiger partial charge in [-0.15, -0.1) is 0 Å². The van der Waals surface area contributed by atoms with E-state index in [4.69, 9.17) is 0 Å². The van der Waals surface area contributed by atoms with Crippen LogP contribution in [0.3, 0.4) is 0 Å². The van der Waals surface area contributed by atoms with E-state index < -0.39 is 16.4 Å². The fourth-order valence-corrected chi connectivity index (χ4v) is 2.55. The number of carbonyl (C=O) groups is 1. The summed E-state index contributed by atoms with van der Waals surface area (Å²) in [7, 11) is 1.50. The highest BCUT2D eigenvalue weighted by Gasteiger charge is 2.19. The minimum Gasteiger partial charge on any atom is -0.354 e. The highest BCUT2D eigenvalue weighted by molar-refractivity contribution is 5.93. The van der Waals surface area contributed by atoms with Gasteiger partial charge in [-0.25, -0.2) is 9.97 Å². The van der Waals surface area contributed by atoms with Gasteiger partial charge in [-0.1, -0.05) is 0 Å². The van der Waals surface area contributed by atoms with E-state index in [-0.39, 0.29) is 11.6 Å². The molecule has 0 aliphatic heterocycles. The third kappa shape index (κ3) is 3.61. The molecule has 0 fully saturated rings. The lowest BCUT2D eigenvalue weighted by atomic mass is 10.0. The van der Waals surface area contributed by atoms with Crippen molar-refractivity contribution in [2.45, 2.75) is 6.92 Å². The van der Waals surface area contributed by atoms with Gasteiger partial charge in [0.05, 0.1) is 10.6 Å². The Morgan fingerprint density at radius 3 is 2.63 bits per heavy atom. The fraction of sp³-hybridized carbons (Fsp3) is 0.111. The highest BCUT2D eigenvalue weighted by atomic mass is 19.1. The summed E-state index contributed by atoms with van der Waals surface area (Å²) in [5.74, 6) is -0.940. The first kappa shape index (κ1) is 18.1. The second kappa shape index (κ2) is 7.24. The molecule has 0 saturated heterocycles. The Balaban J connectivity index is 2.09. The summed E-state index contributed by atoms with van der Waals surface area (Å²) in [6.45, 7) is 1.64. The highest BCUT2D eigenvalue weighted by Crippen LogP contribution is 2.29. The topological polar surface area (TPSA) is 111 Å². The van der Waals surface area contributed by atoms with Gasteiger partial charge in [-0.3, -0.25) is 19.9 Å². The SMILES string of the molecule is CNC(=O)c1cc(-c2nccc(-c3cc([N+](=O)[O-])c(F)cc3C)n2)ccn1. The number of carbonyl (C=O) groups excluding carboxylic acids is 1. The summed E-state index contributed by atoms with van der Waals surface area (Å²) >= 11 is 0. The molecule has 0 bridgehead atoms. The average molecular weight is 367 g/mol. The number of nitrogens with zero attached hydrogens (tertiary/aromatic N) is 4. The van der Waals surface area contributed by atoms with Crippen molar-refractivity contribution < 1.29 is 14.1 Å². The van der Waals surface area contributed by atoms with Crippen molar-refractivity contribution in [3.05, 3.63) is 69.9 Å². The Bertz CT molecular complexity index is 1050. The van der Waals surface area contributed by atoms with Crippen LogP contribution in [-0.4, -0.2) is 32.8 Å². The number of aryl methyl sites for hydroxylation is 1. The van der Waals surface area contributed by atoms with Crippen LogP contribution in [0.25, 0.3) is 22.6 Å². The van der Waals surface area contributed by atoms with Crippen LogP contribution in [0.1, 0.15) is 16.1 Å². The molecular weight excluding hydrogens is 353 g/mol. The van der Waals surface area contributed by atoms with Crippen molar-refractivity contribution in [1.29, 1.82) is 0 Å². The van der Waals surface area contributed by atoms with Crippen LogP contribution in [0, 0.1) is 22.9 Å². The summed E-state index contributed by atoms with van der Waals surface area (Å²) in [5.41, 5.74) is 1.47. The van der Waals surface area contributed by atoms with Crippen LogP contribution in [0.4, 0.5) is 10.1 Å². The van der Waals surface area contributed by atoms with Crippen molar-refractivity contribution in [3.63, 3.8) is 0 Å². The molecular formula is C18H14FN5O3. The Hall–Kier alpha value is -3.75. The van der Waals surface area contributed by atoms with E-state index in [1.807, 2.05) is 0 Å². The molecule has 3 rings (SSSR count). The Morgan fingerprint density at radius 1 is 1.19 bits per heavy atom. The predicted octanol–water partition coefficient (Wildman–Crippen LogP) is 2.92. The number of nitrogens with one attached hydrogen (secondary N) is 1. The zero-order valence-electron chi connectivity index (χ0n) is 14.4. The molecule has 136 valence electrons. The number of nitro benzene ring substituents is 1. The first-order valence-electron chi connectivity index (χ1n) is 7.87. The number of benzene rings is 1. The van der Waals surface area contributed by atoms with Crippen molar-refractivity contribution in [2.75, 3.05) is 7.05 Å². The molecule has 8 nitrogen and oxygen atoms in total. The first-order valence-corrected chi connectivity index (χ1v) is 7.87. The first-order chi connectivity index (χ1) is 12.9. The van der Waals surface area contributed by atoms with Gasteiger partial charge >= 0.3 is 5.69 Å². The average Bonchev–Trinajstić information content (AvgIpc) is 2.67. The van der Waals surface area contributed by atoms with E-state index in [1.54, 1.807) is 19.1 Å². The number of hydrogen-bond acceptors (Lipinski definition) is 6. The van der Waals surface area contributed by atoms with Crippen molar-refractivity contribution in [2.24, 2.45) is 0 Å². The molecule has 1 amide bonds. The standard InChI is InChI=1S/C18H14FN5O3/c1-10-7-13(19)16(24(26)27)9-12(10)14-4-6-22-17(23-14)11-3-5-21-15(8-11)18(25)20-2/h3-9H,1-2H3,(H,20,25). The number of nitro groups is 1. The molecule has 2 aromatic heterocycles. The van der Waals surface area contributed by atoms with Crippen molar-refractivity contribution >= 4 is 11.6 Å². The van der Waals surface area contributed by atoms with Crippen LogP contribution in [0.15, 0.2) is 42.7 Å². The van der Waals surface area contributed by atoms with Gasteiger partial charge in [0.15, 0.2) is 5.82 Å². The molecule has 1 aromatic carbocycles. The lowest BCUT2D eigenvalue weighted by Gasteiger charge is -2.08. The van der Waals surface area contributed by atoms with Crippen LogP contribution < -0.4 is 5.32 Å². The second-order valence-corrected chi connectivity index (χ2v) is 5.65. The number of hydrogen-bond donors (Lipinski definition) is 1. The summed E-state index contributed by atoms with van der Waals surface area (Å²) in [4.78, 5) is 34.6. The van der Waals surface area contributed by atoms with E-state index in [9.17, 15) is 19.3 Å². The molecule has 0 aliphatic carbocycles. The van der Waals surface area contributed by atoms with Crippen LogP contribution in [-0.2, 0) is 0 Å². The Labute approximate surface area is 153 Å². The van der Waals surface area contributed by atoms with Crippen LogP contribution in [0.2, 0.25) is 0 Å². The maximum Gasteiger partial charge on any atom is 0.305 e. The predicted molar refractivity (Wildman–Crippen MR) is 95.4 cm³/mol. The zero-order chi connectivity index (χ0) is 19.6. The summed E-state index contributed by atoms with van der Waals surface area (Å²) in [5, 5.41) is 13.5. The maximum atomic E-state index is 13.8. The molecule has 9 heteroatoms. The lowest BCUT2D eigenvalue weighted by molar-refractivity contribution is -0.387.